The molecule has 0 N–H and O–H groups in total. The van der Waals surface area contributed by atoms with Crippen LogP contribution in [0.3, 0.4) is 0 Å². The maximum Gasteiger partial charge on any atom is 0.273 e. The summed E-state index contributed by atoms with van der Waals surface area (Å²) in [7, 11) is 0. The number of non-ortho nitro benzene ring substituents is 1. The van der Waals surface area contributed by atoms with Crippen LogP contribution >= 0.6 is 0 Å². The number of benzene rings is 1. The van der Waals surface area contributed by atoms with E-state index in [-0.39, 0.29) is 5.69 Å². The highest BCUT2D eigenvalue weighted by Gasteiger charge is 2.09. The summed E-state index contributed by atoms with van der Waals surface area (Å²) in [4.78, 5) is 10.0. The maximum absolute atomic E-state index is 10.5. The second-order valence-corrected chi connectivity index (χ2v) is 2.94. The van der Waals surface area contributed by atoms with Crippen LogP contribution in [0.4, 0.5) is 5.69 Å². The third kappa shape index (κ3) is 1.35. The van der Waals surface area contributed by atoms with E-state index < -0.39 is 4.92 Å². The van der Waals surface area contributed by atoms with Crippen molar-refractivity contribution in [3.8, 4) is 0 Å². The molecule has 1 aromatic carbocycles. The normalized spacial score (nSPS) is 10.6. The fourth-order valence-corrected chi connectivity index (χ4v) is 1.31. The molecule has 0 spiro atoms. The molecule has 0 aliphatic rings. The first-order valence-electron chi connectivity index (χ1n) is 4.17. The summed E-state index contributed by atoms with van der Waals surface area (Å²) < 4.78 is 5.34. The van der Waals surface area contributed by atoms with Gasteiger partial charge in [-0.25, -0.2) is 0 Å². The van der Waals surface area contributed by atoms with E-state index >= 15 is 0 Å². The van der Waals surface area contributed by atoms with Gasteiger partial charge in [0.15, 0.2) is 0 Å². The van der Waals surface area contributed by atoms with Gasteiger partial charge in [-0.05, 0) is 19.1 Å². The molecular weight excluding hydrogens is 182 g/mol. The Kier molecular flexibility index (Phi) is 1.96. The molecule has 1 radical (unpaired) electrons. The number of rotatable bonds is 2. The van der Waals surface area contributed by atoms with E-state index in [0.29, 0.717) is 12.0 Å². The van der Waals surface area contributed by atoms with Crippen molar-refractivity contribution < 1.29 is 9.34 Å². The Morgan fingerprint density at radius 3 is 2.86 bits per heavy atom. The molecule has 1 heterocycles. The minimum absolute atomic E-state index is 0.0439. The Morgan fingerprint density at radius 1 is 1.43 bits per heavy atom. The molecule has 0 saturated carbocycles. The minimum Gasteiger partial charge on any atom is -0.461 e. The average Bonchev–Trinajstić information content (AvgIpc) is 2.58. The van der Waals surface area contributed by atoms with Gasteiger partial charge in [-0.15, -0.1) is 0 Å². The number of nitrogens with zero attached hydrogens (tertiary/aromatic N) is 1. The molecule has 71 valence electrons. The Hall–Kier alpha value is -1.84. The summed E-state index contributed by atoms with van der Waals surface area (Å²) in [5, 5.41) is 11.3. The van der Waals surface area contributed by atoms with Gasteiger partial charge in [0, 0.05) is 17.9 Å². The summed E-state index contributed by atoms with van der Waals surface area (Å²) in [6.07, 6.45) is 0.544. The molecule has 0 atom stereocenters. The van der Waals surface area contributed by atoms with Crippen LogP contribution in [0.15, 0.2) is 28.7 Å². The molecule has 4 heteroatoms. The summed E-state index contributed by atoms with van der Waals surface area (Å²) >= 11 is 0. The first kappa shape index (κ1) is 8.74. The van der Waals surface area contributed by atoms with E-state index in [4.69, 9.17) is 4.42 Å². The van der Waals surface area contributed by atoms with Gasteiger partial charge in [0.25, 0.3) is 5.69 Å². The highest BCUT2D eigenvalue weighted by molar-refractivity contribution is 5.80. The molecule has 2 rings (SSSR count). The van der Waals surface area contributed by atoms with Crippen molar-refractivity contribution in [2.24, 2.45) is 0 Å². The van der Waals surface area contributed by atoms with Crippen LogP contribution in [0.2, 0.25) is 0 Å². The Balaban J connectivity index is 2.59. The largest absolute Gasteiger partial charge is 0.461 e. The highest BCUT2D eigenvalue weighted by atomic mass is 16.6. The van der Waals surface area contributed by atoms with Crippen LogP contribution in [-0.4, -0.2) is 4.92 Å². The summed E-state index contributed by atoms with van der Waals surface area (Å²) in [5.41, 5.74) is 0.584. The number of hydrogen-bond acceptors (Lipinski definition) is 3. The lowest BCUT2D eigenvalue weighted by Gasteiger charge is -1.89. The predicted octanol–water partition coefficient (Wildman–Crippen LogP) is 2.72. The zero-order valence-electron chi connectivity index (χ0n) is 7.40. The van der Waals surface area contributed by atoms with Crippen LogP contribution < -0.4 is 0 Å². The fraction of sp³-hybridized carbons (Fsp3) is 0.100. The highest BCUT2D eigenvalue weighted by Crippen LogP contribution is 2.24. The van der Waals surface area contributed by atoms with Crippen molar-refractivity contribution in [1.82, 2.24) is 0 Å². The van der Waals surface area contributed by atoms with Gasteiger partial charge in [0.2, 0.25) is 0 Å². The number of nitro benzene ring substituents is 1. The third-order valence-corrected chi connectivity index (χ3v) is 2.01. The Morgan fingerprint density at radius 2 is 2.21 bits per heavy atom. The van der Waals surface area contributed by atoms with E-state index in [2.05, 4.69) is 6.92 Å². The monoisotopic (exact) mass is 190 g/mol. The molecule has 0 unspecified atom stereocenters. The lowest BCUT2D eigenvalue weighted by molar-refractivity contribution is -0.384. The quantitative estimate of drug-likeness (QED) is 0.540. The molecule has 0 saturated heterocycles. The Labute approximate surface area is 80.3 Å². The van der Waals surface area contributed by atoms with Crippen molar-refractivity contribution >= 4 is 16.7 Å². The van der Waals surface area contributed by atoms with E-state index in [0.717, 1.165) is 11.1 Å². The molecule has 0 amide bonds. The summed E-state index contributed by atoms with van der Waals surface area (Å²) in [5.74, 6) is 0.737. The molecular formula is C10H8NO3. The maximum atomic E-state index is 10.5. The number of hydrogen-bond donors (Lipinski definition) is 0. The van der Waals surface area contributed by atoms with E-state index in [1.165, 1.54) is 12.1 Å². The van der Waals surface area contributed by atoms with Crippen LogP contribution in [0, 0.1) is 17.0 Å². The van der Waals surface area contributed by atoms with Crippen LogP contribution in [-0.2, 0) is 6.42 Å². The van der Waals surface area contributed by atoms with Gasteiger partial charge >= 0.3 is 0 Å². The predicted molar refractivity (Wildman–Crippen MR) is 51.9 cm³/mol. The van der Waals surface area contributed by atoms with Gasteiger partial charge < -0.3 is 4.42 Å². The Bertz CT molecular complexity index is 487. The van der Waals surface area contributed by atoms with Crippen molar-refractivity contribution in [2.75, 3.05) is 0 Å². The second-order valence-electron chi connectivity index (χ2n) is 2.94. The standard InChI is InChI=1S/C10H8NO3/c1-2-9-5-7-3-4-8(11(12)13)6-10(7)14-9/h3-6H,1-2H2. The van der Waals surface area contributed by atoms with Crippen LogP contribution in [0.5, 0.6) is 0 Å². The molecule has 2 aromatic rings. The molecule has 14 heavy (non-hydrogen) atoms. The zero-order valence-corrected chi connectivity index (χ0v) is 7.40. The lowest BCUT2D eigenvalue weighted by Crippen LogP contribution is -1.85. The van der Waals surface area contributed by atoms with Crippen LogP contribution in [0.1, 0.15) is 5.76 Å². The lowest BCUT2D eigenvalue weighted by atomic mass is 10.2. The van der Waals surface area contributed by atoms with E-state index in [1.807, 2.05) is 6.07 Å². The van der Waals surface area contributed by atoms with Gasteiger partial charge in [-0.3, -0.25) is 10.1 Å². The second kappa shape index (κ2) is 3.14. The van der Waals surface area contributed by atoms with E-state index in [9.17, 15) is 10.1 Å². The minimum atomic E-state index is -0.439. The number of nitro groups is 1. The first-order valence-corrected chi connectivity index (χ1v) is 4.17. The topological polar surface area (TPSA) is 56.3 Å². The number of furan rings is 1. The zero-order chi connectivity index (χ0) is 10.1. The SMILES string of the molecule is [CH2]Cc1cc2ccc([N+](=O)[O-])cc2o1. The summed E-state index contributed by atoms with van der Waals surface area (Å²) in [6, 6.07) is 6.40. The molecule has 4 nitrogen and oxygen atoms in total. The van der Waals surface area contributed by atoms with Crippen molar-refractivity contribution in [3.05, 3.63) is 47.1 Å². The van der Waals surface area contributed by atoms with Crippen LogP contribution in [0.25, 0.3) is 11.0 Å². The fourth-order valence-electron chi connectivity index (χ4n) is 1.31. The van der Waals surface area contributed by atoms with Crippen molar-refractivity contribution in [1.29, 1.82) is 0 Å². The average molecular weight is 190 g/mol. The third-order valence-electron chi connectivity index (χ3n) is 2.01. The van der Waals surface area contributed by atoms with Crippen molar-refractivity contribution in [2.45, 2.75) is 6.42 Å². The van der Waals surface area contributed by atoms with Gasteiger partial charge in [-0.1, -0.05) is 0 Å². The molecule has 0 fully saturated rings. The summed E-state index contributed by atoms with van der Waals surface area (Å²) in [6.45, 7) is 3.68. The number of fused-ring (bicyclic) bond motifs is 1. The van der Waals surface area contributed by atoms with Crippen molar-refractivity contribution in [3.63, 3.8) is 0 Å². The van der Waals surface area contributed by atoms with E-state index in [1.54, 1.807) is 6.07 Å². The smallest absolute Gasteiger partial charge is 0.273 e. The molecule has 0 bridgehead atoms. The first-order chi connectivity index (χ1) is 6.70. The van der Waals surface area contributed by atoms with Gasteiger partial charge in [-0.2, -0.15) is 0 Å². The van der Waals surface area contributed by atoms with Gasteiger partial charge in [0.1, 0.15) is 11.3 Å². The van der Waals surface area contributed by atoms with Gasteiger partial charge in [0.05, 0.1) is 11.0 Å². The molecule has 0 aliphatic carbocycles. The molecule has 1 aromatic heterocycles. The molecule has 0 aliphatic heterocycles.